The molecule has 2 aromatic heterocycles. The highest BCUT2D eigenvalue weighted by Gasteiger charge is 2.26. The molecule has 1 unspecified atom stereocenters. The SMILES string of the molecule is Cc1csc(NC(=O)CN2CCN(CC(=O)Nc3nc(C)cs3)C(C)C2)n1. The minimum absolute atomic E-state index is 0.0538. The molecule has 27 heavy (non-hydrogen) atoms. The Labute approximate surface area is 166 Å². The van der Waals surface area contributed by atoms with Crippen LogP contribution in [-0.2, 0) is 9.59 Å². The lowest BCUT2D eigenvalue weighted by Gasteiger charge is -2.39. The number of nitrogens with one attached hydrogen (secondary N) is 2. The molecule has 1 saturated heterocycles. The van der Waals surface area contributed by atoms with Crippen molar-refractivity contribution in [1.82, 2.24) is 19.8 Å². The van der Waals surface area contributed by atoms with Crippen molar-refractivity contribution in [3.05, 3.63) is 22.1 Å². The first kappa shape index (κ1) is 19.9. The number of thiazole rings is 2. The van der Waals surface area contributed by atoms with Gasteiger partial charge in [-0.3, -0.25) is 19.4 Å². The van der Waals surface area contributed by atoms with Crippen LogP contribution in [0.25, 0.3) is 0 Å². The third-order valence-corrected chi connectivity index (χ3v) is 6.04. The average molecular weight is 409 g/mol. The standard InChI is InChI=1S/C17H24N6O2S2/c1-11-9-26-16(18-11)20-14(24)7-22-4-5-23(13(3)6-22)8-15(25)21-17-19-12(2)10-27-17/h9-10,13H,4-8H2,1-3H3,(H,18,20,24)(H,19,21,25). The van der Waals surface area contributed by atoms with Gasteiger partial charge in [0.05, 0.1) is 24.5 Å². The smallest absolute Gasteiger partial charge is 0.240 e. The van der Waals surface area contributed by atoms with Gasteiger partial charge in [-0.25, -0.2) is 9.97 Å². The molecule has 0 spiro atoms. The van der Waals surface area contributed by atoms with Crippen molar-refractivity contribution in [2.45, 2.75) is 26.8 Å². The molecule has 1 aliphatic rings. The first-order chi connectivity index (χ1) is 12.9. The lowest BCUT2D eigenvalue weighted by molar-refractivity contribution is -0.120. The highest BCUT2D eigenvalue weighted by molar-refractivity contribution is 7.14. The summed E-state index contributed by atoms with van der Waals surface area (Å²) in [5.74, 6) is -0.108. The van der Waals surface area contributed by atoms with Gasteiger partial charge in [0, 0.05) is 36.4 Å². The zero-order chi connectivity index (χ0) is 19.4. The van der Waals surface area contributed by atoms with Gasteiger partial charge in [0.1, 0.15) is 0 Å². The van der Waals surface area contributed by atoms with E-state index in [9.17, 15) is 9.59 Å². The minimum Gasteiger partial charge on any atom is -0.301 e. The molecular formula is C17H24N6O2S2. The number of nitrogens with zero attached hydrogens (tertiary/aromatic N) is 4. The Morgan fingerprint density at radius 2 is 1.59 bits per heavy atom. The fraction of sp³-hybridized carbons (Fsp3) is 0.529. The number of anilines is 2. The van der Waals surface area contributed by atoms with E-state index in [2.05, 4.69) is 37.3 Å². The van der Waals surface area contributed by atoms with Crippen molar-refractivity contribution >= 4 is 44.8 Å². The maximum atomic E-state index is 12.2. The molecule has 10 heteroatoms. The van der Waals surface area contributed by atoms with Crippen molar-refractivity contribution in [3.63, 3.8) is 0 Å². The Morgan fingerprint density at radius 3 is 2.07 bits per heavy atom. The molecule has 0 radical (unpaired) electrons. The van der Waals surface area contributed by atoms with Crippen LogP contribution in [0.1, 0.15) is 18.3 Å². The van der Waals surface area contributed by atoms with Crippen molar-refractivity contribution in [1.29, 1.82) is 0 Å². The quantitative estimate of drug-likeness (QED) is 0.758. The molecule has 0 aromatic carbocycles. The van der Waals surface area contributed by atoms with Crippen molar-refractivity contribution in [3.8, 4) is 0 Å². The van der Waals surface area contributed by atoms with Gasteiger partial charge in [0.25, 0.3) is 0 Å². The molecule has 1 atom stereocenters. The monoisotopic (exact) mass is 408 g/mol. The molecular weight excluding hydrogens is 384 g/mol. The van der Waals surface area contributed by atoms with Crippen molar-refractivity contribution in [2.75, 3.05) is 43.4 Å². The Kier molecular flexibility index (Phi) is 6.53. The van der Waals surface area contributed by atoms with E-state index in [0.717, 1.165) is 31.0 Å². The summed E-state index contributed by atoms with van der Waals surface area (Å²) >= 11 is 2.86. The highest BCUT2D eigenvalue weighted by atomic mass is 32.1. The number of piperazine rings is 1. The summed E-state index contributed by atoms with van der Waals surface area (Å²) in [5.41, 5.74) is 1.81. The number of hydrogen-bond acceptors (Lipinski definition) is 8. The predicted molar refractivity (Wildman–Crippen MR) is 108 cm³/mol. The lowest BCUT2D eigenvalue weighted by atomic mass is 10.2. The maximum absolute atomic E-state index is 12.2. The van der Waals surface area contributed by atoms with E-state index >= 15 is 0 Å². The largest absolute Gasteiger partial charge is 0.301 e. The van der Waals surface area contributed by atoms with E-state index in [1.807, 2.05) is 24.6 Å². The van der Waals surface area contributed by atoms with Gasteiger partial charge >= 0.3 is 0 Å². The molecule has 3 rings (SSSR count). The van der Waals surface area contributed by atoms with Gasteiger partial charge in [-0.1, -0.05) is 0 Å². The molecule has 3 heterocycles. The second-order valence-electron chi connectivity index (χ2n) is 6.74. The van der Waals surface area contributed by atoms with E-state index in [1.165, 1.54) is 22.7 Å². The van der Waals surface area contributed by atoms with Crippen LogP contribution in [0.15, 0.2) is 10.8 Å². The summed E-state index contributed by atoms with van der Waals surface area (Å²) in [5, 5.41) is 10.8. The van der Waals surface area contributed by atoms with Crippen LogP contribution < -0.4 is 10.6 Å². The maximum Gasteiger partial charge on any atom is 0.240 e. The second kappa shape index (κ2) is 8.87. The first-order valence-corrected chi connectivity index (χ1v) is 10.6. The van der Waals surface area contributed by atoms with Crippen molar-refractivity contribution in [2.24, 2.45) is 0 Å². The van der Waals surface area contributed by atoms with Gasteiger partial charge in [-0.2, -0.15) is 0 Å². The van der Waals surface area contributed by atoms with Crippen LogP contribution >= 0.6 is 22.7 Å². The molecule has 2 amide bonds. The van der Waals surface area contributed by atoms with Crippen LogP contribution in [0, 0.1) is 13.8 Å². The topological polar surface area (TPSA) is 90.5 Å². The summed E-state index contributed by atoms with van der Waals surface area (Å²) in [7, 11) is 0. The highest BCUT2D eigenvalue weighted by Crippen LogP contribution is 2.16. The zero-order valence-electron chi connectivity index (χ0n) is 15.7. The molecule has 0 bridgehead atoms. The van der Waals surface area contributed by atoms with E-state index in [-0.39, 0.29) is 17.9 Å². The Morgan fingerprint density at radius 1 is 1.04 bits per heavy atom. The van der Waals surface area contributed by atoms with Crippen molar-refractivity contribution < 1.29 is 9.59 Å². The molecule has 146 valence electrons. The molecule has 0 saturated carbocycles. The van der Waals surface area contributed by atoms with E-state index in [1.54, 1.807) is 0 Å². The van der Waals surface area contributed by atoms with Gasteiger partial charge in [0.2, 0.25) is 11.8 Å². The lowest BCUT2D eigenvalue weighted by Crippen LogP contribution is -2.54. The molecule has 2 aromatic rings. The number of hydrogen-bond donors (Lipinski definition) is 2. The molecule has 2 N–H and O–H groups in total. The van der Waals surface area contributed by atoms with E-state index < -0.39 is 0 Å². The average Bonchev–Trinajstić information content (AvgIpc) is 3.18. The normalized spacial score (nSPS) is 18.4. The molecule has 1 fully saturated rings. The number of carbonyl (C=O) groups is 2. The third kappa shape index (κ3) is 5.80. The summed E-state index contributed by atoms with van der Waals surface area (Å²) in [6.07, 6.45) is 0. The summed E-state index contributed by atoms with van der Waals surface area (Å²) in [4.78, 5) is 37.2. The van der Waals surface area contributed by atoms with Gasteiger partial charge in [-0.15, -0.1) is 22.7 Å². The summed E-state index contributed by atoms with van der Waals surface area (Å²) < 4.78 is 0. The minimum atomic E-state index is -0.0541. The fourth-order valence-corrected chi connectivity index (χ4v) is 4.39. The fourth-order valence-electron chi connectivity index (χ4n) is 2.98. The Bertz CT molecular complexity index is 805. The number of aryl methyl sites for hydroxylation is 2. The number of aromatic nitrogens is 2. The zero-order valence-corrected chi connectivity index (χ0v) is 17.3. The van der Waals surface area contributed by atoms with E-state index in [4.69, 9.17) is 0 Å². The van der Waals surface area contributed by atoms with Crippen LogP contribution in [0.5, 0.6) is 0 Å². The van der Waals surface area contributed by atoms with Crippen LogP contribution in [0.4, 0.5) is 10.3 Å². The third-order valence-electron chi connectivity index (χ3n) is 4.29. The Balaban J connectivity index is 1.43. The van der Waals surface area contributed by atoms with Crippen LogP contribution in [-0.4, -0.2) is 70.3 Å². The summed E-state index contributed by atoms with van der Waals surface area (Å²) in [6.45, 7) is 8.79. The molecule has 0 aliphatic carbocycles. The number of carbonyl (C=O) groups excluding carboxylic acids is 2. The Hall–Kier alpha value is -1.88. The van der Waals surface area contributed by atoms with Crippen LogP contribution in [0.2, 0.25) is 0 Å². The number of amides is 2. The predicted octanol–water partition coefficient (Wildman–Crippen LogP) is 1.80. The molecule has 8 nitrogen and oxygen atoms in total. The second-order valence-corrected chi connectivity index (χ2v) is 8.46. The van der Waals surface area contributed by atoms with Gasteiger partial charge in [-0.05, 0) is 20.8 Å². The first-order valence-electron chi connectivity index (χ1n) is 8.79. The van der Waals surface area contributed by atoms with Gasteiger partial charge < -0.3 is 10.6 Å². The van der Waals surface area contributed by atoms with Gasteiger partial charge in [0.15, 0.2) is 10.3 Å². The number of rotatable bonds is 6. The van der Waals surface area contributed by atoms with E-state index in [0.29, 0.717) is 23.4 Å². The summed E-state index contributed by atoms with van der Waals surface area (Å²) in [6, 6.07) is 0.192. The molecule has 1 aliphatic heterocycles. The van der Waals surface area contributed by atoms with Crippen LogP contribution in [0.3, 0.4) is 0 Å².